The topological polar surface area (TPSA) is 96.7 Å². The van der Waals surface area contributed by atoms with Gasteiger partial charge in [-0.2, -0.15) is 5.10 Å². The smallest absolute Gasteiger partial charge is 0.252 e. The Kier molecular flexibility index (Phi) is 4.36. The highest BCUT2D eigenvalue weighted by atomic mass is 32.1. The van der Waals surface area contributed by atoms with Crippen LogP contribution in [0.4, 0.5) is 0 Å². The summed E-state index contributed by atoms with van der Waals surface area (Å²) in [7, 11) is 0. The molecule has 0 aliphatic carbocycles. The van der Waals surface area contributed by atoms with E-state index in [-0.39, 0.29) is 12.2 Å². The standard InChI is InChI=1S/C18H17N5O2S/c1-2-7-23-15(25)6-5-13-16(21-22-17(13)23)14-9-20-18(26-14)11-3-4-12(10-24)19-8-11/h3-6,8-9,24H,2,7,10H2,1H3,(H,21,22). The molecule has 0 fully saturated rings. The van der Waals surface area contributed by atoms with Crippen LogP contribution in [0.5, 0.6) is 0 Å². The molecular formula is C18H17N5O2S. The van der Waals surface area contributed by atoms with Crippen molar-refractivity contribution in [3.63, 3.8) is 0 Å². The van der Waals surface area contributed by atoms with Crippen LogP contribution in [-0.2, 0) is 13.2 Å². The molecule has 4 aromatic rings. The number of hydrogen-bond donors (Lipinski definition) is 2. The summed E-state index contributed by atoms with van der Waals surface area (Å²) in [5.74, 6) is 0. The second-order valence-electron chi connectivity index (χ2n) is 5.89. The monoisotopic (exact) mass is 367 g/mol. The minimum absolute atomic E-state index is 0.0440. The number of aliphatic hydroxyl groups is 1. The van der Waals surface area contributed by atoms with Crippen molar-refractivity contribution < 1.29 is 5.11 Å². The van der Waals surface area contributed by atoms with Crippen LogP contribution in [0, 0.1) is 0 Å². The molecule has 0 atom stereocenters. The molecule has 4 rings (SSSR count). The molecule has 0 unspecified atom stereocenters. The van der Waals surface area contributed by atoms with Crippen LogP contribution in [0.3, 0.4) is 0 Å². The van der Waals surface area contributed by atoms with E-state index in [1.807, 2.05) is 13.0 Å². The molecule has 26 heavy (non-hydrogen) atoms. The third-order valence-corrected chi connectivity index (χ3v) is 5.20. The van der Waals surface area contributed by atoms with Crippen molar-refractivity contribution in [2.75, 3.05) is 0 Å². The van der Waals surface area contributed by atoms with Gasteiger partial charge in [0.05, 0.1) is 22.9 Å². The van der Waals surface area contributed by atoms with E-state index in [0.717, 1.165) is 32.9 Å². The fraction of sp³-hybridized carbons (Fsp3) is 0.222. The predicted octanol–water partition coefficient (Wildman–Crippen LogP) is 2.81. The summed E-state index contributed by atoms with van der Waals surface area (Å²) in [6.45, 7) is 2.59. The molecule has 0 saturated carbocycles. The molecule has 0 aliphatic heterocycles. The lowest BCUT2D eigenvalue weighted by atomic mass is 10.2. The van der Waals surface area contributed by atoms with E-state index in [0.29, 0.717) is 17.9 Å². The van der Waals surface area contributed by atoms with Crippen LogP contribution in [0.1, 0.15) is 19.0 Å². The van der Waals surface area contributed by atoms with Gasteiger partial charge in [-0.15, -0.1) is 11.3 Å². The first kappa shape index (κ1) is 16.6. The zero-order chi connectivity index (χ0) is 18.1. The maximum atomic E-state index is 12.1. The Morgan fingerprint density at radius 3 is 2.81 bits per heavy atom. The number of aromatic nitrogens is 5. The molecule has 0 aromatic carbocycles. The summed E-state index contributed by atoms with van der Waals surface area (Å²) in [6.07, 6.45) is 4.36. The average molecular weight is 367 g/mol. The lowest BCUT2D eigenvalue weighted by molar-refractivity contribution is 0.277. The number of thiazole rings is 1. The molecule has 0 spiro atoms. The van der Waals surface area contributed by atoms with E-state index in [1.165, 1.54) is 11.3 Å². The fourth-order valence-electron chi connectivity index (χ4n) is 2.85. The Hall–Kier alpha value is -2.84. The van der Waals surface area contributed by atoms with Gasteiger partial charge in [-0.05, 0) is 24.6 Å². The van der Waals surface area contributed by atoms with Crippen molar-refractivity contribution in [2.24, 2.45) is 0 Å². The van der Waals surface area contributed by atoms with Crippen molar-refractivity contribution >= 4 is 22.4 Å². The van der Waals surface area contributed by atoms with Crippen molar-refractivity contribution in [1.29, 1.82) is 0 Å². The largest absolute Gasteiger partial charge is 0.390 e. The molecule has 0 amide bonds. The minimum Gasteiger partial charge on any atom is -0.390 e. The Labute approximate surface area is 153 Å². The van der Waals surface area contributed by atoms with Crippen LogP contribution in [-0.4, -0.2) is 29.8 Å². The van der Waals surface area contributed by atoms with Crippen LogP contribution < -0.4 is 5.56 Å². The van der Waals surface area contributed by atoms with Gasteiger partial charge in [0, 0.05) is 36.0 Å². The van der Waals surface area contributed by atoms with Crippen LogP contribution >= 0.6 is 11.3 Å². The van der Waals surface area contributed by atoms with Gasteiger partial charge in [-0.1, -0.05) is 6.92 Å². The molecular weight excluding hydrogens is 350 g/mol. The molecule has 7 nitrogen and oxygen atoms in total. The maximum absolute atomic E-state index is 12.1. The highest BCUT2D eigenvalue weighted by molar-refractivity contribution is 7.18. The van der Waals surface area contributed by atoms with Gasteiger partial charge in [-0.25, -0.2) is 4.98 Å². The lowest BCUT2D eigenvalue weighted by Gasteiger charge is -2.03. The maximum Gasteiger partial charge on any atom is 0.252 e. The third-order valence-electron chi connectivity index (χ3n) is 4.13. The Bertz CT molecular complexity index is 1110. The van der Waals surface area contributed by atoms with Gasteiger partial charge >= 0.3 is 0 Å². The average Bonchev–Trinajstić information content (AvgIpc) is 3.31. The summed E-state index contributed by atoms with van der Waals surface area (Å²) < 4.78 is 1.69. The number of nitrogens with one attached hydrogen (secondary N) is 1. The summed E-state index contributed by atoms with van der Waals surface area (Å²) >= 11 is 1.52. The molecule has 0 radical (unpaired) electrons. The number of aliphatic hydroxyl groups excluding tert-OH is 1. The summed E-state index contributed by atoms with van der Waals surface area (Å²) in [5, 5.41) is 18.2. The van der Waals surface area contributed by atoms with E-state index >= 15 is 0 Å². The molecule has 4 aromatic heterocycles. The van der Waals surface area contributed by atoms with E-state index in [2.05, 4.69) is 20.2 Å². The van der Waals surface area contributed by atoms with Gasteiger partial charge in [0.2, 0.25) is 0 Å². The van der Waals surface area contributed by atoms with Crippen molar-refractivity contribution in [1.82, 2.24) is 24.7 Å². The summed E-state index contributed by atoms with van der Waals surface area (Å²) in [5.41, 5.74) is 2.99. The van der Waals surface area contributed by atoms with Crippen molar-refractivity contribution in [2.45, 2.75) is 26.5 Å². The fourth-order valence-corrected chi connectivity index (χ4v) is 3.76. The first-order valence-corrected chi connectivity index (χ1v) is 9.13. The van der Waals surface area contributed by atoms with E-state index < -0.39 is 0 Å². The Morgan fingerprint density at radius 2 is 2.08 bits per heavy atom. The number of rotatable bonds is 5. The van der Waals surface area contributed by atoms with Crippen molar-refractivity contribution in [3.8, 4) is 21.1 Å². The predicted molar refractivity (Wildman–Crippen MR) is 101 cm³/mol. The molecule has 0 bridgehead atoms. The first-order chi connectivity index (χ1) is 12.7. The van der Waals surface area contributed by atoms with Crippen LogP contribution in [0.2, 0.25) is 0 Å². The zero-order valence-corrected chi connectivity index (χ0v) is 15.0. The van der Waals surface area contributed by atoms with Crippen molar-refractivity contribution in [3.05, 3.63) is 52.7 Å². The summed E-state index contributed by atoms with van der Waals surface area (Å²) in [4.78, 5) is 21.7. The number of hydrogen-bond acceptors (Lipinski definition) is 6. The van der Waals surface area contributed by atoms with Gasteiger partial charge in [0.15, 0.2) is 5.65 Å². The van der Waals surface area contributed by atoms with Crippen LogP contribution in [0.15, 0.2) is 41.5 Å². The minimum atomic E-state index is -0.0804. The SMILES string of the molecule is CCCn1c(=O)ccc2c(-c3cnc(-c4ccc(CO)nc4)s3)[nH]nc21. The second kappa shape index (κ2) is 6.81. The second-order valence-corrected chi connectivity index (χ2v) is 6.92. The zero-order valence-electron chi connectivity index (χ0n) is 14.1. The van der Waals surface area contributed by atoms with E-state index in [4.69, 9.17) is 5.11 Å². The van der Waals surface area contributed by atoms with E-state index in [9.17, 15) is 4.79 Å². The normalized spacial score (nSPS) is 11.3. The third kappa shape index (κ3) is 2.83. The highest BCUT2D eigenvalue weighted by Crippen LogP contribution is 2.34. The Morgan fingerprint density at radius 1 is 1.19 bits per heavy atom. The molecule has 0 aliphatic rings. The molecule has 0 saturated heterocycles. The summed E-state index contributed by atoms with van der Waals surface area (Å²) in [6, 6.07) is 7.06. The van der Waals surface area contributed by atoms with E-state index in [1.54, 1.807) is 35.2 Å². The Balaban J connectivity index is 1.75. The molecule has 132 valence electrons. The number of nitrogens with zero attached hydrogens (tertiary/aromatic N) is 4. The van der Waals surface area contributed by atoms with Gasteiger partial charge in [0.1, 0.15) is 5.01 Å². The molecule has 4 heterocycles. The number of aromatic amines is 1. The highest BCUT2D eigenvalue weighted by Gasteiger charge is 2.15. The number of H-pyrrole nitrogens is 1. The van der Waals surface area contributed by atoms with Gasteiger partial charge in [0.25, 0.3) is 5.56 Å². The van der Waals surface area contributed by atoms with Gasteiger partial charge in [-0.3, -0.25) is 19.4 Å². The number of pyridine rings is 2. The van der Waals surface area contributed by atoms with Crippen LogP contribution in [0.25, 0.3) is 32.2 Å². The van der Waals surface area contributed by atoms with Gasteiger partial charge < -0.3 is 5.11 Å². The molecule has 8 heteroatoms. The molecule has 2 N–H and O–H groups in total. The number of aryl methyl sites for hydroxylation is 1. The quantitative estimate of drug-likeness (QED) is 0.565. The number of fused-ring (bicyclic) bond motifs is 1. The lowest BCUT2D eigenvalue weighted by Crippen LogP contribution is -2.19. The first-order valence-electron chi connectivity index (χ1n) is 8.31.